The first kappa shape index (κ1) is 12.8. The van der Waals surface area contributed by atoms with E-state index in [1.54, 1.807) is 4.52 Å². The summed E-state index contributed by atoms with van der Waals surface area (Å²) in [4.78, 5) is 4.39. The molecule has 1 N–H and O–H groups in total. The number of hydrogen-bond acceptors (Lipinski definition) is 4. The van der Waals surface area contributed by atoms with Crippen molar-refractivity contribution in [1.29, 1.82) is 0 Å². The Morgan fingerprint density at radius 1 is 1.33 bits per heavy atom. The number of nitrogens with one attached hydrogen (secondary N) is 1. The van der Waals surface area contributed by atoms with Crippen molar-refractivity contribution in [3.63, 3.8) is 0 Å². The molecule has 2 aromatic heterocycles. The second kappa shape index (κ2) is 6.35. The molecule has 98 valence electrons. The molecule has 2 heterocycles. The summed E-state index contributed by atoms with van der Waals surface area (Å²) in [6.45, 7) is 6.61. The van der Waals surface area contributed by atoms with Crippen LogP contribution in [-0.4, -0.2) is 34.4 Å². The van der Waals surface area contributed by atoms with Gasteiger partial charge in [0.25, 0.3) is 0 Å². The largest absolute Gasteiger partial charge is 0.381 e. The lowest BCUT2D eigenvalue weighted by molar-refractivity contribution is 0.134. The SMILES string of the molecule is CCCOCCCNc1nc2ccc(C)cn2n1. The molecule has 2 rings (SSSR count). The van der Waals surface area contributed by atoms with E-state index in [0.29, 0.717) is 5.95 Å². The van der Waals surface area contributed by atoms with Crippen molar-refractivity contribution in [3.05, 3.63) is 23.9 Å². The number of anilines is 1. The summed E-state index contributed by atoms with van der Waals surface area (Å²) < 4.78 is 7.21. The van der Waals surface area contributed by atoms with Crippen LogP contribution in [-0.2, 0) is 4.74 Å². The highest BCUT2D eigenvalue weighted by atomic mass is 16.5. The van der Waals surface area contributed by atoms with Gasteiger partial charge in [0.1, 0.15) is 0 Å². The molecule has 5 nitrogen and oxygen atoms in total. The second-order valence-electron chi connectivity index (χ2n) is 4.34. The standard InChI is InChI=1S/C13H20N4O/c1-3-8-18-9-4-7-14-13-15-12-6-5-11(2)10-17(12)16-13/h5-6,10H,3-4,7-9H2,1-2H3,(H,14,16). The highest BCUT2D eigenvalue weighted by molar-refractivity contribution is 5.43. The lowest BCUT2D eigenvalue weighted by atomic mass is 10.3. The average Bonchev–Trinajstić information content (AvgIpc) is 2.75. The van der Waals surface area contributed by atoms with Crippen LogP contribution in [0.1, 0.15) is 25.3 Å². The Hall–Kier alpha value is -1.62. The Morgan fingerprint density at radius 3 is 3.06 bits per heavy atom. The summed E-state index contributed by atoms with van der Waals surface area (Å²) in [7, 11) is 0. The highest BCUT2D eigenvalue weighted by Gasteiger charge is 2.02. The molecule has 0 spiro atoms. The van der Waals surface area contributed by atoms with Gasteiger partial charge in [-0.3, -0.25) is 0 Å². The third-order valence-corrected chi connectivity index (χ3v) is 2.58. The third-order valence-electron chi connectivity index (χ3n) is 2.58. The monoisotopic (exact) mass is 248 g/mol. The molecule has 0 aliphatic carbocycles. The highest BCUT2D eigenvalue weighted by Crippen LogP contribution is 2.06. The minimum atomic E-state index is 0.677. The predicted octanol–water partition coefficient (Wildman–Crippen LogP) is 2.27. The van der Waals surface area contributed by atoms with E-state index in [-0.39, 0.29) is 0 Å². The molecule has 5 heteroatoms. The van der Waals surface area contributed by atoms with Crippen LogP contribution in [0, 0.1) is 6.92 Å². The minimum Gasteiger partial charge on any atom is -0.381 e. The number of fused-ring (bicyclic) bond motifs is 1. The van der Waals surface area contributed by atoms with E-state index in [4.69, 9.17) is 4.74 Å². The average molecular weight is 248 g/mol. The van der Waals surface area contributed by atoms with Crippen LogP contribution in [0.4, 0.5) is 5.95 Å². The molecule has 0 radical (unpaired) electrons. The molecular formula is C13H20N4O. The molecular weight excluding hydrogens is 228 g/mol. The molecule has 0 unspecified atom stereocenters. The van der Waals surface area contributed by atoms with Crippen LogP contribution in [0.3, 0.4) is 0 Å². The summed E-state index contributed by atoms with van der Waals surface area (Å²) >= 11 is 0. The number of aromatic nitrogens is 3. The predicted molar refractivity (Wildman–Crippen MR) is 71.9 cm³/mol. The maximum atomic E-state index is 5.41. The normalized spacial score (nSPS) is 11.0. The Bertz CT molecular complexity index is 495. The topological polar surface area (TPSA) is 51.5 Å². The van der Waals surface area contributed by atoms with Gasteiger partial charge in [-0.05, 0) is 31.4 Å². The van der Waals surface area contributed by atoms with E-state index in [9.17, 15) is 0 Å². The summed E-state index contributed by atoms with van der Waals surface area (Å²) in [6.07, 6.45) is 4.01. The second-order valence-corrected chi connectivity index (χ2v) is 4.34. The number of ether oxygens (including phenoxy) is 1. The quantitative estimate of drug-likeness (QED) is 0.764. The molecule has 0 aliphatic heterocycles. The van der Waals surface area contributed by atoms with Gasteiger partial charge in [0.15, 0.2) is 5.65 Å². The first-order valence-corrected chi connectivity index (χ1v) is 6.44. The molecule has 0 aromatic carbocycles. The van der Waals surface area contributed by atoms with E-state index in [1.165, 1.54) is 5.56 Å². The molecule has 0 amide bonds. The van der Waals surface area contributed by atoms with Crippen LogP contribution in [0.15, 0.2) is 18.3 Å². The molecule has 2 aromatic rings. The van der Waals surface area contributed by atoms with E-state index < -0.39 is 0 Å². The first-order chi connectivity index (χ1) is 8.79. The van der Waals surface area contributed by atoms with Crippen molar-refractivity contribution in [2.24, 2.45) is 0 Å². The van der Waals surface area contributed by atoms with Crippen molar-refractivity contribution in [3.8, 4) is 0 Å². The Balaban J connectivity index is 1.81. The summed E-state index contributed by atoms with van der Waals surface area (Å²) in [5.74, 6) is 0.677. The molecule has 0 saturated heterocycles. The van der Waals surface area contributed by atoms with Crippen LogP contribution in [0.2, 0.25) is 0 Å². The van der Waals surface area contributed by atoms with Crippen molar-refractivity contribution < 1.29 is 4.74 Å². The maximum absolute atomic E-state index is 5.41. The van der Waals surface area contributed by atoms with Crippen LogP contribution >= 0.6 is 0 Å². The first-order valence-electron chi connectivity index (χ1n) is 6.44. The maximum Gasteiger partial charge on any atom is 0.243 e. The van der Waals surface area contributed by atoms with Crippen LogP contribution in [0.5, 0.6) is 0 Å². The fraction of sp³-hybridized carbons (Fsp3) is 0.538. The lowest BCUT2D eigenvalue weighted by Crippen LogP contribution is -2.07. The van der Waals surface area contributed by atoms with Crippen LogP contribution < -0.4 is 5.32 Å². The van der Waals surface area contributed by atoms with Crippen molar-refractivity contribution in [2.45, 2.75) is 26.7 Å². The van der Waals surface area contributed by atoms with E-state index in [1.807, 2.05) is 25.3 Å². The zero-order valence-corrected chi connectivity index (χ0v) is 11.0. The van der Waals surface area contributed by atoms with Gasteiger partial charge < -0.3 is 10.1 Å². The van der Waals surface area contributed by atoms with Crippen molar-refractivity contribution in [2.75, 3.05) is 25.1 Å². The summed E-state index contributed by atoms with van der Waals surface area (Å²) in [5, 5.41) is 7.57. The third kappa shape index (κ3) is 3.43. The molecule has 0 aliphatic rings. The Labute approximate surface area is 107 Å². The Morgan fingerprint density at radius 2 is 2.22 bits per heavy atom. The number of nitrogens with zero attached hydrogens (tertiary/aromatic N) is 3. The fourth-order valence-electron chi connectivity index (χ4n) is 1.68. The molecule has 0 atom stereocenters. The van der Waals surface area contributed by atoms with E-state index >= 15 is 0 Å². The van der Waals surface area contributed by atoms with Gasteiger partial charge in [0, 0.05) is 26.0 Å². The van der Waals surface area contributed by atoms with Gasteiger partial charge in [0.05, 0.1) is 0 Å². The van der Waals surface area contributed by atoms with Crippen molar-refractivity contribution >= 4 is 11.6 Å². The van der Waals surface area contributed by atoms with Gasteiger partial charge in [0.2, 0.25) is 5.95 Å². The van der Waals surface area contributed by atoms with Gasteiger partial charge >= 0.3 is 0 Å². The molecule has 18 heavy (non-hydrogen) atoms. The van der Waals surface area contributed by atoms with Gasteiger partial charge in [-0.1, -0.05) is 13.0 Å². The van der Waals surface area contributed by atoms with Gasteiger partial charge in [-0.25, -0.2) is 4.52 Å². The van der Waals surface area contributed by atoms with Crippen LogP contribution in [0.25, 0.3) is 5.65 Å². The zero-order chi connectivity index (χ0) is 12.8. The number of hydrogen-bond donors (Lipinski definition) is 1. The smallest absolute Gasteiger partial charge is 0.243 e. The lowest BCUT2D eigenvalue weighted by Gasteiger charge is -2.02. The fourth-order valence-corrected chi connectivity index (χ4v) is 1.68. The molecule has 0 fully saturated rings. The summed E-state index contributed by atoms with van der Waals surface area (Å²) in [6, 6.07) is 4.00. The van der Waals surface area contributed by atoms with Gasteiger partial charge in [-0.15, -0.1) is 5.10 Å². The molecule has 0 bridgehead atoms. The van der Waals surface area contributed by atoms with E-state index in [2.05, 4.69) is 22.3 Å². The van der Waals surface area contributed by atoms with Crippen molar-refractivity contribution in [1.82, 2.24) is 14.6 Å². The molecule has 0 saturated carbocycles. The van der Waals surface area contributed by atoms with E-state index in [0.717, 1.165) is 38.2 Å². The van der Waals surface area contributed by atoms with Gasteiger partial charge in [-0.2, -0.15) is 4.98 Å². The number of pyridine rings is 1. The summed E-state index contributed by atoms with van der Waals surface area (Å²) in [5.41, 5.74) is 2.04. The number of rotatable bonds is 7. The number of aryl methyl sites for hydroxylation is 1. The Kier molecular flexibility index (Phi) is 4.52. The zero-order valence-electron chi connectivity index (χ0n) is 11.0. The minimum absolute atomic E-state index is 0.677.